The summed E-state index contributed by atoms with van der Waals surface area (Å²) in [5.74, 6) is -0.0594. The largest absolute Gasteiger partial charge is 0.413 e. The summed E-state index contributed by atoms with van der Waals surface area (Å²) in [6.45, 7) is 11.9. The number of pyridine rings is 1. The minimum atomic E-state index is -3.78. The van der Waals surface area contributed by atoms with Crippen LogP contribution in [-0.2, 0) is 21.1 Å². The van der Waals surface area contributed by atoms with E-state index in [9.17, 15) is 13.5 Å². The normalized spacial score (nSPS) is 20.9. The SMILES string of the molecule is CC(C)(C)[Si](C)(C)OCc1ccnc(S(=O)(=O)N2C[C@@H](CO)C[C@@H](c3ccccc3)C2)c1. The molecule has 2 heterocycles. The van der Waals surface area contributed by atoms with Gasteiger partial charge in [-0.3, -0.25) is 0 Å². The minimum Gasteiger partial charge on any atom is -0.413 e. The van der Waals surface area contributed by atoms with E-state index >= 15 is 0 Å². The van der Waals surface area contributed by atoms with Gasteiger partial charge in [-0.2, -0.15) is 4.31 Å². The highest BCUT2D eigenvalue weighted by Crippen LogP contribution is 2.37. The minimum absolute atomic E-state index is 0.0385. The number of rotatable bonds is 7. The summed E-state index contributed by atoms with van der Waals surface area (Å²) in [6, 6.07) is 13.4. The summed E-state index contributed by atoms with van der Waals surface area (Å²) in [5.41, 5.74) is 1.90. The van der Waals surface area contributed by atoms with E-state index in [2.05, 4.69) is 38.8 Å². The van der Waals surface area contributed by atoms with Gasteiger partial charge in [0, 0.05) is 25.9 Å². The molecule has 0 spiro atoms. The Bertz CT molecular complexity index is 1010. The second-order valence-electron chi connectivity index (χ2n) is 10.3. The van der Waals surface area contributed by atoms with Crippen LogP contribution in [0.25, 0.3) is 0 Å². The van der Waals surface area contributed by atoms with Crippen LogP contribution in [-0.4, -0.2) is 50.8 Å². The molecule has 8 heteroatoms. The van der Waals surface area contributed by atoms with Crippen molar-refractivity contribution in [2.45, 2.75) is 62.9 Å². The lowest BCUT2D eigenvalue weighted by Gasteiger charge is -2.36. The molecule has 6 nitrogen and oxygen atoms in total. The molecule has 1 aliphatic rings. The van der Waals surface area contributed by atoms with E-state index < -0.39 is 18.3 Å². The maximum atomic E-state index is 13.5. The average molecular weight is 477 g/mol. The number of hydrogen-bond acceptors (Lipinski definition) is 5. The summed E-state index contributed by atoms with van der Waals surface area (Å²) in [5, 5.41) is 9.93. The molecule has 1 aliphatic heterocycles. The molecule has 32 heavy (non-hydrogen) atoms. The van der Waals surface area contributed by atoms with Gasteiger partial charge in [0.15, 0.2) is 13.3 Å². The number of aliphatic hydroxyl groups is 1. The van der Waals surface area contributed by atoms with E-state index in [1.807, 2.05) is 36.4 Å². The molecule has 0 saturated carbocycles. The van der Waals surface area contributed by atoms with E-state index in [-0.39, 0.29) is 28.5 Å². The molecule has 1 saturated heterocycles. The summed E-state index contributed by atoms with van der Waals surface area (Å²) in [7, 11) is -5.74. The van der Waals surface area contributed by atoms with Crippen LogP contribution in [0.1, 0.15) is 44.2 Å². The molecule has 0 radical (unpaired) electrons. The lowest BCUT2D eigenvalue weighted by atomic mass is 9.86. The third kappa shape index (κ3) is 5.66. The van der Waals surface area contributed by atoms with Crippen LogP contribution in [0.2, 0.25) is 18.1 Å². The van der Waals surface area contributed by atoms with Crippen LogP contribution < -0.4 is 0 Å². The molecule has 1 aromatic heterocycles. The molecule has 1 aromatic carbocycles. The Morgan fingerprint density at radius 1 is 1.16 bits per heavy atom. The number of sulfonamides is 1. The lowest BCUT2D eigenvalue weighted by molar-refractivity contribution is 0.153. The monoisotopic (exact) mass is 476 g/mol. The van der Waals surface area contributed by atoms with Gasteiger partial charge in [-0.25, -0.2) is 13.4 Å². The number of aliphatic hydroxyl groups excluding tert-OH is 1. The molecule has 0 bridgehead atoms. The Morgan fingerprint density at radius 3 is 2.47 bits per heavy atom. The zero-order valence-electron chi connectivity index (χ0n) is 19.8. The van der Waals surface area contributed by atoms with Crippen molar-refractivity contribution >= 4 is 18.3 Å². The second kappa shape index (κ2) is 9.73. The summed E-state index contributed by atoms with van der Waals surface area (Å²) in [6.07, 6.45) is 2.31. The maximum absolute atomic E-state index is 13.5. The van der Waals surface area contributed by atoms with Crippen molar-refractivity contribution in [1.29, 1.82) is 0 Å². The highest BCUT2D eigenvalue weighted by Gasteiger charge is 2.38. The molecule has 3 rings (SSSR count). The van der Waals surface area contributed by atoms with Crippen LogP contribution in [0.5, 0.6) is 0 Å². The van der Waals surface area contributed by atoms with Gasteiger partial charge in [0.1, 0.15) is 0 Å². The van der Waals surface area contributed by atoms with Crippen molar-refractivity contribution in [2.75, 3.05) is 19.7 Å². The van der Waals surface area contributed by atoms with Crippen molar-refractivity contribution < 1.29 is 18.0 Å². The molecule has 0 unspecified atom stereocenters. The summed E-state index contributed by atoms with van der Waals surface area (Å²) in [4.78, 5) is 4.19. The van der Waals surface area contributed by atoms with E-state index in [1.165, 1.54) is 4.31 Å². The molecule has 1 fully saturated rings. The molecule has 1 N–H and O–H groups in total. The van der Waals surface area contributed by atoms with E-state index in [0.29, 0.717) is 19.7 Å². The number of hydrogen-bond donors (Lipinski definition) is 1. The van der Waals surface area contributed by atoms with Crippen molar-refractivity contribution in [2.24, 2.45) is 5.92 Å². The predicted octanol–water partition coefficient (Wildman–Crippen LogP) is 4.39. The number of nitrogens with zero attached hydrogens (tertiary/aromatic N) is 2. The second-order valence-corrected chi connectivity index (χ2v) is 17.0. The van der Waals surface area contributed by atoms with Gasteiger partial charge in [0.2, 0.25) is 0 Å². The number of benzene rings is 1. The Morgan fingerprint density at radius 2 is 1.84 bits per heavy atom. The van der Waals surface area contributed by atoms with Crippen molar-refractivity contribution in [3.63, 3.8) is 0 Å². The first-order valence-corrected chi connectivity index (χ1v) is 15.5. The molecule has 2 atom stereocenters. The first kappa shape index (κ1) is 25.0. The van der Waals surface area contributed by atoms with E-state index in [0.717, 1.165) is 17.5 Å². The maximum Gasteiger partial charge on any atom is 0.260 e. The molecular formula is C24H36N2O4SSi. The smallest absolute Gasteiger partial charge is 0.260 e. The zero-order chi connectivity index (χ0) is 23.6. The Balaban J connectivity index is 1.81. The quantitative estimate of drug-likeness (QED) is 0.600. The standard InChI is InChI=1S/C24H36N2O4SSi/c1-24(2,3)32(4,5)30-18-19-11-12-25-23(14-19)31(28,29)26-15-20(17-27)13-22(16-26)21-9-7-6-8-10-21/h6-12,14,20,22,27H,13,15-18H2,1-5H3/t20-,22+/m0/s1. The van der Waals surface area contributed by atoms with E-state index in [4.69, 9.17) is 4.43 Å². The predicted molar refractivity (Wildman–Crippen MR) is 129 cm³/mol. The van der Waals surface area contributed by atoms with Gasteiger partial charge in [-0.15, -0.1) is 0 Å². The summed E-state index contributed by atoms with van der Waals surface area (Å²) >= 11 is 0. The van der Waals surface area contributed by atoms with Gasteiger partial charge in [0.25, 0.3) is 10.0 Å². The number of aromatic nitrogens is 1. The third-order valence-electron chi connectivity index (χ3n) is 6.84. The van der Waals surface area contributed by atoms with Crippen LogP contribution in [0.4, 0.5) is 0 Å². The average Bonchev–Trinajstić information content (AvgIpc) is 2.77. The van der Waals surface area contributed by atoms with Crippen LogP contribution in [0, 0.1) is 5.92 Å². The van der Waals surface area contributed by atoms with Crippen LogP contribution in [0.3, 0.4) is 0 Å². The Hall–Kier alpha value is -1.58. The number of piperidine rings is 1. The fourth-order valence-corrected chi connectivity index (χ4v) is 6.25. The fraction of sp³-hybridized carbons (Fsp3) is 0.542. The summed E-state index contributed by atoms with van der Waals surface area (Å²) < 4.78 is 34.7. The van der Waals surface area contributed by atoms with Crippen molar-refractivity contribution in [3.05, 3.63) is 59.8 Å². The Labute approximate surface area is 193 Å². The van der Waals surface area contributed by atoms with Crippen LogP contribution in [0.15, 0.2) is 53.7 Å². The molecule has 2 aromatic rings. The van der Waals surface area contributed by atoms with Gasteiger partial charge < -0.3 is 9.53 Å². The highest BCUT2D eigenvalue weighted by molar-refractivity contribution is 7.89. The van der Waals surface area contributed by atoms with Crippen LogP contribution >= 0.6 is 0 Å². The van der Waals surface area contributed by atoms with Gasteiger partial charge in [0.05, 0.1) is 6.61 Å². The van der Waals surface area contributed by atoms with Crippen molar-refractivity contribution in [3.8, 4) is 0 Å². The highest BCUT2D eigenvalue weighted by atomic mass is 32.2. The first-order valence-electron chi connectivity index (χ1n) is 11.2. The van der Waals surface area contributed by atoms with Gasteiger partial charge >= 0.3 is 0 Å². The third-order valence-corrected chi connectivity index (χ3v) is 13.1. The topological polar surface area (TPSA) is 79.7 Å². The Kier molecular flexibility index (Phi) is 7.61. The first-order chi connectivity index (χ1) is 14.9. The van der Waals surface area contributed by atoms with Crippen molar-refractivity contribution in [1.82, 2.24) is 9.29 Å². The fourth-order valence-electron chi connectivity index (χ4n) is 3.75. The molecule has 176 valence electrons. The molecular weight excluding hydrogens is 440 g/mol. The van der Waals surface area contributed by atoms with Gasteiger partial charge in [-0.1, -0.05) is 51.1 Å². The molecule has 0 aliphatic carbocycles. The van der Waals surface area contributed by atoms with E-state index in [1.54, 1.807) is 12.3 Å². The lowest BCUT2D eigenvalue weighted by Crippen LogP contribution is -2.44. The molecule has 0 amide bonds. The zero-order valence-corrected chi connectivity index (χ0v) is 21.6. The van der Waals surface area contributed by atoms with Gasteiger partial charge in [-0.05, 0) is 59.6 Å².